The second-order valence-corrected chi connectivity index (χ2v) is 7.31. The fourth-order valence-electron chi connectivity index (χ4n) is 3.25. The number of likely N-dealkylation sites (tertiary alicyclic amines) is 2. The molecule has 0 unspecified atom stereocenters. The lowest BCUT2D eigenvalue weighted by molar-refractivity contribution is -0.142. The minimum atomic E-state index is -0.239. The summed E-state index contributed by atoms with van der Waals surface area (Å²) in [6.07, 6.45) is 2.58. The number of imide groups is 1. The van der Waals surface area contributed by atoms with Crippen molar-refractivity contribution in [1.29, 1.82) is 0 Å². The Morgan fingerprint density at radius 3 is 2.54 bits per heavy atom. The van der Waals surface area contributed by atoms with Gasteiger partial charge in [-0.15, -0.1) is 0 Å². The number of thiophene rings is 1. The maximum atomic E-state index is 11.9. The molecule has 7 heteroatoms. The first-order valence-corrected chi connectivity index (χ1v) is 9.39. The zero-order chi connectivity index (χ0) is 16.9. The number of rotatable bonds is 6. The fourth-order valence-corrected chi connectivity index (χ4v) is 3.91. The first-order chi connectivity index (χ1) is 11.6. The normalized spacial score (nSPS) is 19.9. The molecule has 0 aromatic carbocycles. The number of hydrogen-bond donors (Lipinski definition) is 1. The molecule has 2 saturated heterocycles. The summed E-state index contributed by atoms with van der Waals surface area (Å²) in [6, 6.07) is 2.16. The highest BCUT2D eigenvalue weighted by molar-refractivity contribution is 7.07. The van der Waals surface area contributed by atoms with Crippen molar-refractivity contribution in [3.63, 3.8) is 0 Å². The summed E-state index contributed by atoms with van der Waals surface area (Å²) in [6.45, 7) is 3.58. The number of carbonyl (C=O) groups is 3. The van der Waals surface area contributed by atoms with E-state index in [1.807, 2.05) is 0 Å². The molecule has 2 aliphatic rings. The van der Waals surface area contributed by atoms with Gasteiger partial charge in [-0.05, 0) is 54.2 Å². The van der Waals surface area contributed by atoms with Crippen molar-refractivity contribution in [2.75, 3.05) is 26.2 Å². The lowest BCUT2D eigenvalue weighted by atomic mass is 9.96. The van der Waals surface area contributed by atoms with Crippen LogP contribution in [0.15, 0.2) is 16.8 Å². The zero-order valence-electron chi connectivity index (χ0n) is 13.7. The Morgan fingerprint density at radius 2 is 1.92 bits per heavy atom. The molecule has 2 aliphatic heterocycles. The summed E-state index contributed by atoms with van der Waals surface area (Å²) in [7, 11) is 0. The molecule has 1 N–H and O–H groups in total. The second-order valence-electron chi connectivity index (χ2n) is 6.53. The molecule has 24 heavy (non-hydrogen) atoms. The highest BCUT2D eigenvalue weighted by atomic mass is 32.1. The maximum Gasteiger partial charge on any atom is 0.240 e. The van der Waals surface area contributed by atoms with Gasteiger partial charge in [0.2, 0.25) is 17.7 Å². The number of amides is 3. The van der Waals surface area contributed by atoms with E-state index in [2.05, 4.69) is 27.0 Å². The van der Waals surface area contributed by atoms with Gasteiger partial charge in [-0.2, -0.15) is 11.3 Å². The van der Waals surface area contributed by atoms with Gasteiger partial charge < -0.3 is 5.32 Å². The molecular formula is C17H23N3O3S. The number of carbonyl (C=O) groups excluding carboxylic acids is 3. The molecule has 3 amide bonds. The molecule has 2 fully saturated rings. The lowest BCUT2D eigenvalue weighted by Gasteiger charge is -2.31. The largest absolute Gasteiger partial charge is 0.354 e. The molecule has 1 aromatic rings. The Balaban J connectivity index is 1.35. The van der Waals surface area contributed by atoms with Gasteiger partial charge in [-0.1, -0.05) is 0 Å². The molecule has 3 heterocycles. The molecule has 6 nitrogen and oxygen atoms in total. The van der Waals surface area contributed by atoms with Crippen LogP contribution in [0, 0.1) is 5.92 Å². The quantitative estimate of drug-likeness (QED) is 0.784. The van der Waals surface area contributed by atoms with Crippen molar-refractivity contribution in [2.24, 2.45) is 5.92 Å². The molecule has 0 radical (unpaired) electrons. The monoisotopic (exact) mass is 349 g/mol. The molecular weight excluding hydrogens is 326 g/mol. The summed E-state index contributed by atoms with van der Waals surface area (Å²) in [4.78, 5) is 38.5. The van der Waals surface area contributed by atoms with E-state index in [9.17, 15) is 14.4 Å². The van der Waals surface area contributed by atoms with Crippen molar-refractivity contribution in [3.05, 3.63) is 22.4 Å². The Morgan fingerprint density at radius 1 is 1.21 bits per heavy atom. The Kier molecular flexibility index (Phi) is 5.63. The van der Waals surface area contributed by atoms with E-state index in [0.29, 0.717) is 12.5 Å². The Labute approximate surface area is 145 Å². The topological polar surface area (TPSA) is 69.7 Å². The molecule has 0 saturated carbocycles. The molecule has 0 spiro atoms. The number of hydrogen-bond acceptors (Lipinski definition) is 5. The van der Waals surface area contributed by atoms with Crippen LogP contribution >= 0.6 is 11.3 Å². The fraction of sp³-hybridized carbons (Fsp3) is 0.588. The van der Waals surface area contributed by atoms with E-state index in [1.54, 1.807) is 11.3 Å². The highest BCUT2D eigenvalue weighted by Crippen LogP contribution is 2.19. The average molecular weight is 349 g/mol. The summed E-state index contributed by atoms with van der Waals surface area (Å²) in [5.74, 6) is -0.245. The first-order valence-electron chi connectivity index (χ1n) is 8.45. The number of nitrogens with one attached hydrogen (secondary N) is 1. The Bertz CT molecular complexity index is 578. The van der Waals surface area contributed by atoms with Crippen molar-refractivity contribution in [2.45, 2.75) is 32.2 Å². The maximum absolute atomic E-state index is 11.9. The van der Waals surface area contributed by atoms with Crippen LogP contribution in [0.25, 0.3) is 0 Å². The smallest absolute Gasteiger partial charge is 0.240 e. The molecule has 0 atom stereocenters. The number of nitrogens with zero attached hydrogens (tertiary/aromatic N) is 2. The third-order valence-electron chi connectivity index (χ3n) is 4.74. The average Bonchev–Trinajstić information content (AvgIpc) is 3.19. The van der Waals surface area contributed by atoms with Crippen molar-refractivity contribution in [1.82, 2.24) is 15.1 Å². The zero-order valence-corrected chi connectivity index (χ0v) is 14.5. The van der Waals surface area contributed by atoms with E-state index in [0.717, 1.165) is 37.4 Å². The predicted molar refractivity (Wildman–Crippen MR) is 91.3 cm³/mol. The number of piperidine rings is 1. The Hall–Kier alpha value is -1.73. The third-order valence-corrected chi connectivity index (χ3v) is 5.47. The van der Waals surface area contributed by atoms with Crippen molar-refractivity contribution < 1.29 is 14.4 Å². The third kappa shape index (κ3) is 4.42. The van der Waals surface area contributed by atoms with Crippen LogP contribution in [-0.2, 0) is 20.9 Å². The van der Waals surface area contributed by atoms with Gasteiger partial charge in [0.25, 0.3) is 0 Å². The lowest BCUT2D eigenvalue weighted by Crippen LogP contribution is -2.43. The van der Waals surface area contributed by atoms with E-state index in [-0.39, 0.29) is 37.1 Å². The van der Waals surface area contributed by atoms with Crippen LogP contribution in [0.5, 0.6) is 0 Å². The van der Waals surface area contributed by atoms with E-state index in [1.165, 1.54) is 5.56 Å². The van der Waals surface area contributed by atoms with Crippen LogP contribution in [-0.4, -0.2) is 53.7 Å². The van der Waals surface area contributed by atoms with Gasteiger partial charge in [0, 0.05) is 25.9 Å². The molecule has 0 aliphatic carbocycles. The summed E-state index contributed by atoms with van der Waals surface area (Å²) in [5, 5.41) is 7.17. The first kappa shape index (κ1) is 17.1. The summed E-state index contributed by atoms with van der Waals surface area (Å²) < 4.78 is 0. The second kappa shape index (κ2) is 7.90. The van der Waals surface area contributed by atoms with Crippen LogP contribution < -0.4 is 5.32 Å². The standard InChI is InChI=1S/C17H23N3O3S/c21-15(11-20-16(22)1-2-17(20)23)18-9-13-3-6-19(7-4-13)10-14-5-8-24-12-14/h5,8,12-13H,1-4,6-7,9-11H2,(H,18,21). The highest BCUT2D eigenvalue weighted by Gasteiger charge is 2.30. The van der Waals surface area contributed by atoms with E-state index < -0.39 is 0 Å². The van der Waals surface area contributed by atoms with Crippen LogP contribution in [0.2, 0.25) is 0 Å². The van der Waals surface area contributed by atoms with Gasteiger partial charge in [-0.25, -0.2) is 0 Å². The summed E-state index contributed by atoms with van der Waals surface area (Å²) in [5.41, 5.74) is 1.37. The summed E-state index contributed by atoms with van der Waals surface area (Å²) >= 11 is 1.73. The van der Waals surface area contributed by atoms with Crippen molar-refractivity contribution >= 4 is 29.1 Å². The van der Waals surface area contributed by atoms with E-state index in [4.69, 9.17) is 0 Å². The molecule has 0 bridgehead atoms. The minimum Gasteiger partial charge on any atom is -0.354 e. The van der Waals surface area contributed by atoms with Crippen LogP contribution in [0.4, 0.5) is 0 Å². The van der Waals surface area contributed by atoms with Crippen LogP contribution in [0.3, 0.4) is 0 Å². The minimum absolute atomic E-state index is 0.130. The van der Waals surface area contributed by atoms with Gasteiger partial charge in [0.1, 0.15) is 6.54 Å². The SMILES string of the molecule is O=C(CN1C(=O)CCC1=O)NCC1CCN(Cc2ccsc2)CC1. The van der Waals surface area contributed by atoms with Gasteiger partial charge in [0.05, 0.1) is 0 Å². The van der Waals surface area contributed by atoms with E-state index >= 15 is 0 Å². The van der Waals surface area contributed by atoms with Gasteiger partial charge in [0.15, 0.2) is 0 Å². The molecule has 1 aromatic heterocycles. The molecule has 130 valence electrons. The van der Waals surface area contributed by atoms with Gasteiger partial charge in [-0.3, -0.25) is 24.2 Å². The molecule has 3 rings (SSSR count). The van der Waals surface area contributed by atoms with Gasteiger partial charge >= 0.3 is 0 Å². The van der Waals surface area contributed by atoms with Crippen LogP contribution in [0.1, 0.15) is 31.2 Å². The predicted octanol–water partition coefficient (Wildman–Crippen LogP) is 1.23. The van der Waals surface area contributed by atoms with Crippen molar-refractivity contribution in [3.8, 4) is 0 Å².